The van der Waals surface area contributed by atoms with Crippen LogP contribution in [0.3, 0.4) is 0 Å². The van der Waals surface area contributed by atoms with E-state index in [4.69, 9.17) is 19.2 Å². The maximum Gasteiger partial charge on any atom is 0.491 e. The molecule has 0 radical (unpaired) electrons. The number of aliphatic hydroxyl groups excluding tert-OH is 1. The average Bonchev–Trinajstić information content (AvgIpc) is 2.72. The molecular weight excluding hydrogens is 311 g/mol. The number of thiol groups is 1. The van der Waals surface area contributed by atoms with Gasteiger partial charge >= 0.3 is 7.12 Å². The monoisotopic (exact) mass is 336 g/mol. The molecule has 1 aliphatic heterocycles. The molecule has 0 unspecified atom stereocenters. The van der Waals surface area contributed by atoms with Gasteiger partial charge in [-0.15, -0.1) is 0 Å². The fourth-order valence-corrected chi connectivity index (χ4v) is 2.46. The molecule has 1 N–H and O–H groups in total. The smallest absolute Gasteiger partial charge is 0.491 e. The topological polar surface area (TPSA) is 47.9 Å². The van der Waals surface area contributed by atoms with Gasteiger partial charge in [0.05, 0.1) is 17.8 Å². The van der Waals surface area contributed by atoms with Gasteiger partial charge in [-0.05, 0) is 50.9 Å². The van der Waals surface area contributed by atoms with Gasteiger partial charge in [-0.1, -0.05) is 18.2 Å². The summed E-state index contributed by atoms with van der Waals surface area (Å²) in [4.78, 5) is 0. The van der Waals surface area contributed by atoms with E-state index < -0.39 is 0 Å². The first-order chi connectivity index (χ1) is 10.8. The van der Waals surface area contributed by atoms with Crippen LogP contribution >= 0.6 is 12.6 Å². The quantitative estimate of drug-likeness (QED) is 0.619. The minimum atomic E-state index is -0.386. The molecule has 1 aliphatic rings. The van der Waals surface area contributed by atoms with Crippen molar-refractivity contribution in [2.45, 2.75) is 38.9 Å². The Morgan fingerprint density at radius 1 is 1.17 bits per heavy atom. The van der Waals surface area contributed by atoms with Crippen LogP contribution in [0.25, 0.3) is 6.08 Å². The molecule has 4 nitrogen and oxygen atoms in total. The van der Waals surface area contributed by atoms with Crippen LogP contribution in [0.4, 0.5) is 0 Å². The van der Waals surface area contributed by atoms with Crippen LogP contribution in [0.5, 0.6) is 5.75 Å². The number of ether oxygens (including phenoxy) is 1. The van der Waals surface area contributed by atoms with Crippen molar-refractivity contribution in [1.29, 1.82) is 0 Å². The molecule has 1 aromatic rings. The normalized spacial score (nSPS) is 19.9. The van der Waals surface area contributed by atoms with E-state index in [0.29, 0.717) is 12.4 Å². The van der Waals surface area contributed by atoms with Crippen molar-refractivity contribution in [2.24, 2.45) is 0 Å². The van der Waals surface area contributed by atoms with Crippen molar-refractivity contribution in [3.63, 3.8) is 0 Å². The van der Waals surface area contributed by atoms with Gasteiger partial charge in [-0.25, -0.2) is 0 Å². The molecule has 0 aliphatic carbocycles. The highest BCUT2D eigenvalue weighted by Gasteiger charge is 2.52. The van der Waals surface area contributed by atoms with E-state index in [1.54, 1.807) is 0 Å². The fourth-order valence-electron chi connectivity index (χ4n) is 2.22. The average molecular weight is 336 g/mol. The van der Waals surface area contributed by atoms with Crippen LogP contribution in [0, 0.1) is 0 Å². The summed E-state index contributed by atoms with van der Waals surface area (Å²) >= 11 is 4.42. The van der Waals surface area contributed by atoms with E-state index in [0.717, 1.165) is 16.8 Å². The Morgan fingerprint density at radius 3 is 2.22 bits per heavy atom. The summed E-state index contributed by atoms with van der Waals surface area (Å²) in [6.07, 6.45) is 2.03. The first-order valence-electron chi connectivity index (χ1n) is 7.80. The summed E-state index contributed by atoms with van der Waals surface area (Å²) in [6, 6.07) is 7.67. The van der Waals surface area contributed by atoms with Crippen LogP contribution in [0.2, 0.25) is 0 Å². The number of hydrogen-bond acceptors (Lipinski definition) is 5. The molecule has 6 heteroatoms. The highest BCUT2D eigenvalue weighted by Crippen LogP contribution is 2.39. The molecule has 0 aromatic heterocycles. The molecule has 0 atom stereocenters. The summed E-state index contributed by atoms with van der Waals surface area (Å²) in [5.74, 6) is 1.29. The number of aliphatic hydroxyl groups is 1. The molecule has 1 heterocycles. The molecule has 0 amide bonds. The van der Waals surface area contributed by atoms with Crippen molar-refractivity contribution in [3.05, 3.63) is 35.3 Å². The second kappa shape index (κ2) is 7.30. The van der Waals surface area contributed by atoms with Crippen molar-refractivity contribution in [1.82, 2.24) is 0 Å². The lowest BCUT2D eigenvalue weighted by molar-refractivity contribution is 0.00578. The Kier molecular flexibility index (Phi) is 5.84. The number of hydrogen-bond donors (Lipinski definition) is 2. The van der Waals surface area contributed by atoms with Crippen molar-refractivity contribution < 1.29 is 19.2 Å². The van der Waals surface area contributed by atoms with Crippen molar-refractivity contribution in [2.75, 3.05) is 19.0 Å². The Morgan fingerprint density at radius 2 is 1.74 bits per heavy atom. The lowest BCUT2D eigenvalue weighted by Gasteiger charge is -2.32. The van der Waals surface area contributed by atoms with Crippen LogP contribution in [-0.2, 0) is 9.31 Å². The van der Waals surface area contributed by atoms with E-state index in [9.17, 15) is 0 Å². The van der Waals surface area contributed by atoms with E-state index in [1.807, 2.05) is 58.0 Å². The fraction of sp³-hybridized carbons (Fsp3) is 0.529. The lowest BCUT2D eigenvalue weighted by Crippen LogP contribution is -2.41. The van der Waals surface area contributed by atoms with E-state index >= 15 is 0 Å². The Balaban J connectivity index is 2.13. The zero-order chi connectivity index (χ0) is 17.1. The van der Waals surface area contributed by atoms with Crippen molar-refractivity contribution >= 4 is 25.8 Å². The van der Waals surface area contributed by atoms with Gasteiger partial charge in [0.1, 0.15) is 12.4 Å². The first-order valence-corrected chi connectivity index (χ1v) is 8.43. The molecule has 1 saturated heterocycles. The van der Waals surface area contributed by atoms with Gasteiger partial charge in [0.15, 0.2) is 0 Å². The maximum absolute atomic E-state index is 8.77. The first kappa shape index (κ1) is 18.4. The predicted molar refractivity (Wildman–Crippen MR) is 96.9 cm³/mol. The van der Waals surface area contributed by atoms with Gasteiger partial charge in [0.25, 0.3) is 0 Å². The minimum absolute atomic E-state index is 0.00733. The minimum Gasteiger partial charge on any atom is -0.491 e. The van der Waals surface area contributed by atoms with Gasteiger partial charge in [-0.2, -0.15) is 12.6 Å². The maximum atomic E-state index is 8.77. The summed E-state index contributed by atoms with van der Waals surface area (Å²) < 4.78 is 17.5. The molecule has 0 spiro atoms. The largest absolute Gasteiger partial charge is 0.491 e. The molecule has 1 aromatic carbocycles. The number of benzene rings is 1. The van der Waals surface area contributed by atoms with Gasteiger partial charge in [-0.3, -0.25) is 0 Å². The highest BCUT2D eigenvalue weighted by atomic mass is 32.1. The third-order valence-electron chi connectivity index (χ3n) is 4.33. The predicted octanol–water partition coefficient (Wildman–Crippen LogP) is 3.00. The zero-order valence-corrected chi connectivity index (χ0v) is 15.1. The molecule has 0 saturated carbocycles. The Hall–Kier alpha value is -0.945. The van der Waals surface area contributed by atoms with E-state index in [-0.39, 0.29) is 24.9 Å². The molecular formula is C17H25BO4S. The summed E-state index contributed by atoms with van der Waals surface area (Å²) in [6.45, 7) is 8.46. The number of rotatable bonds is 6. The Bertz CT molecular complexity index is 538. The van der Waals surface area contributed by atoms with Gasteiger partial charge < -0.3 is 19.2 Å². The van der Waals surface area contributed by atoms with Crippen LogP contribution in [0.1, 0.15) is 33.3 Å². The molecule has 1 fully saturated rings. The van der Waals surface area contributed by atoms with Crippen LogP contribution in [-0.4, -0.2) is 42.4 Å². The van der Waals surface area contributed by atoms with E-state index in [1.165, 1.54) is 0 Å². The second-order valence-corrected chi connectivity index (χ2v) is 6.92. The SMILES string of the molecule is CC1(C)OB(C(=Cc2ccc(OCCO)cc2)CS)OC1(C)C. The lowest BCUT2D eigenvalue weighted by atomic mass is 9.78. The van der Waals surface area contributed by atoms with Crippen LogP contribution in [0.15, 0.2) is 29.7 Å². The van der Waals surface area contributed by atoms with Gasteiger partial charge in [0.2, 0.25) is 0 Å². The molecule has 126 valence electrons. The summed E-state index contributed by atoms with van der Waals surface area (Å²) in [7, 11) is -0.386. The van der Waals surface area contributed by atoms with Crippen molar-refractivity contribution in [3.8, 4) is 5.75 Å². The molecule has 0 bridgehead atoms. The zero-order valence-electron chi connectivity index (χ0n) is 14.2. The second-order valence-electron chi connectivity index (χ2n) is 6.61. The summed E-state index contributed by atoms with van der Waals surface area (Å²) in [5, 5.41) is 8.77. The molecule has 2 rings (SSSR count). The molecule has 23 heavy (non-hydrogen) atoms. The Labute approximate surface area is 144 Å². The third-order valence-corrected chi connectivity index (χ3v) is 4.70. The van der Waals surface area contributed by atoms with Crippen LogP contribution < -0.4 is 4.74 Å². The third kappa shape index (κ3) is 4.32. The summed E-state index contributed by atoms with van der Waals surface area (Å²) in [5.41, 5.74) is 1.29. The van der Waals surface area contributed by atoms with Gasteiger partial charge in [0, 0.05) is 5.75 Å². The highest BCUT2D eigenvalue weighted by molar-refractivity contribution is 7.80. The standard InChI is InChI=1S/C17H25BO4S/c1-16(2)17(3,4)22-18(21-16)14(12-23)11-13-5-7-15(8-6-13)20-10-9-19/h5-8,11,19,23H,9-10,12H2,1-4H3. The van der Waals surface area contributed by atoms with E-state index in [2.05, 4.69) is 12.6 Å².